The maximum absolute atomic E-state index is 10.8. The van der Waals surface area contributed by atoms with Gasteiger partial charge in [0.25, 0.3) is 6.43 Å². The smallest absolute Gasteiger partial charge is 0.294 e. The number of amidine groups is 1. The van der Waals surface area contributed by atoms with E-state index in [1.165, 1.54) is 0 Å². The Bertz CT molecular complexity index is 62.0. The minimum Gasteiger partial charge on any atom is -0.383 e. The molecule has 0 fully saturated rings. The van der Waals surface area contributed by atoms with Crippen molar-refractivity contribution >= 4 is 5.84 Å². The van der Waals surface area contributed by atoms with Gasteiger partial charge in [0.05, 0.1) is 0 Å². The molecule has 0 spiro atoms. The van der Waals surface area contributed by atoms with Crippen LogP contribution in [0.15, 0.2) is 0 Å². The molecule has 0 aliphatic rings. The zero-order chi connectivity index (χ0) is 5.15. The predicted molar refractivity (Wildman–Crippen MR) is 20.4 cm³/mol. The van der Waals surface area contributed by atoms with Crippen molar-refractivity contribution in [1.29, 1.82) is 5.41 Å². The van der Waals surface area contributed by atoms with E-state index in [1.807, 2.05) is 0 Å². The summed E-state index contributed by atoms with van der Waals surface area (Å²) >= 11 is 0. The van der Waals surface area contributed by atoms with Crippen LogP contribution in [-0.4, -0.2) is 12.3 Å². The summed E-state index contributed by atoms with van der Waals surface area (Å²) in [5.74, 6) is -1.07. The second-order valence-electron chi connectivity index (χ2n) is 0.756. The molecule has 0 aromatic heterocycles. The average molecular weight is 114 g/mol. The van der Waals surface area contributed by atoms with Crippen molar-refractivity contribution in [3.63, 3.8) is 0 Å². The molecule has 3 N–H and O–H groups in total. The van der Waals surface area contributed by atoms with Crippen LogP contribution in [0.4, 0.5) is 13.5 Å². The second-order valence-corrected chi connectivity index (χ2v) is 0.756. The highest BCUT2D eigenvalue weighted by Crippen LogP contribution is 1.86. The van der Waals surface area contributed by atoms with Gasteiger partial charge < -0.3 is 5.73 Å². The maximum Gasteiger partial charge on any atom is 0.294 e. The Hall–Kier alpha value is -0.740. The van der Waals surface area contributed by atoms with Crippen molar-refractivity contribution in [2.24, 2.45) is 5.73 Å². The molecule has 0 unspecified atom stereocenters. The van der Waals surface area contributed by atoms with E-state index in [2.05, 4.69) is 5.73 Å². The van der Waals surface area contributed by atoms with Gasteiger partial charge in [0, 0.05) is 0 Å². The van der Waals surface area contributed by atoms with Crippen molar-refractivity contribution in [2.45, 2.75) is 6.43 Å². The van der Waals surface area contributed by atoms with Crippen LogP contribution in [0.25, 0.3) is 0 Å². The van der Waals surface area contributed by atoms with E-state index >= 15 is 0 Å². The van der Waals surface area contributed by atoms with E-state index < -0.39 is 12.3 Å². The number of alkyl halides is 2. The van der Waals surface area contributed by atoms with Crippen LogP contribution >= 0.6 is 0 Å². The van der Waals surface area contributed by atoms with Crippen molar-refractivity contribution in [3.8, 4) is 0 Å². The van der Waals surface area contributed by atoms with Gasteiger partial charge in [-0.1, -0.05) is 0 Å². The lowest BCUT2D eigenvalue weighted by molar-refractivity contribution is 0.223. The lowest BCUT2D eigenvalue weighted by Gasteiger charge is -1.87. The molecule has 0 aromatic carbocycles. The van der Waals surface area contributed by atoms with Crippen LogP contribution in [-0.2, 0) is 0 Å². The third-order valence-corrected chi connectivity index (χ3v) is 0.235. The normalized spacial score (nSPS) is 7.86. The highest BCUT2D eigenvalue weighted by Gasteiger charge is 2.02. The zero-order valence-corrected chi connectivity index (χ0v) is 3.32. The van der Waals surface area contributed by atoms with Gasteiger partial charge in [-0.05, 0) is 0 Å². The van der Waals surface area contributed by atoms with Crippen molar-refractivity contribution in [3.05, 3.63) is 0 Å². The van der Waals surface area contributed by atoms with Crippen LogP contribution in [0, 0.1) is 5.41 Å². The monoisotopic (exact) mass is 114 g/mol. The largest absolute Gasteiger partial charge is 0.383 e. The molecule has 0 heterocycles. The minimum absolute atomic E-state index is 0. The SMILES string of the molecule is F.N=C(N)C(F)F. The maximum atomic E-state index is 10.8. The summed E-state index contributed by atoms with van der Waals surface area (Å²) in [5.41, 5.74) is 4.27. The van der Waals surface area contributed by atoms with E-state index in [0.29, 0.717) is 0 Å². The Morgan fingerprint density at radius 3 is 1.71 bits per heavy atom. The predicted octanol–water partition coefficient (Wildman–Crippen LogP) is 0.340. The first-order chi connectivity index (χ1) is 2.64. The first-order valence-corrected chi connectivity index (χ1v) is 1.26. The molecule has 0 aliphatic heterocycles. The molecule has 0 aliphatic carbocycles. The Balaban J connectivity index is 0. The van der Waals surface area contributed by atoms with E-state index in [0.717, 1.165) is 0 Å². The zero-order valence-electron chi connectivity index (χ0n) is 3.32. The van der Waals surface area contributed by atoms with E-state index in [4.69, 9.17) is 5.41 Å². The standard InChI is InChI=1S/C2H4F2N2.FH/c3-1(4)2(5)6;/h1H,(H3,5,6);1H. The van der Waals surface area contributed by atoms with Gasteiger partial charge in [-0.3, -0.25) is 10.1 Å². The van der Waals surface area contributed by atoms with Gasteiger partial charge in [0.1, 0.15) is 0 Å². The Morgan fingerprint density at radius 2 is 1.71 bits per heavy atom. The molecule has 0 saturated carbocycles. The number of halogens is 3. The van der Waals surface area contributed by atoms with Gasteiger partial charge in [-0.2, -0.15) is 0 Å². The van der Waals surface area contributed by atoms with Gasteiger partial charge in [-0.15, -0.1) is 0 Å². The topological polar surface area (TPSA) is 49.9 Å². The fourth-order valence-electron chi connectivity index (χ4n) is 0. The van der Waals surface area contributed by atoms with Gasteiger partial charge >= 0.3 is 0 Å². The fourth-order valence-corrected chi connectivity index (χ4v) is 0. The van der Waals surface area contributed by atoms with Crippen LogP contribution in [0.2, 0.25) is 0 Å². The lowest BCUT2D eigenvalue weighted by atomic mass is 10.7. The second kappa shape index (κ2) is 3.45. The third kappa shape index (κ3) is 5.26. The van der Waals surface area contributed by atoms with Crippen molar-refractivity contribution < 1.29 is 13.5 Å². The number of hydrogen-bond acceptors (Lipinski definition) is 1. The number of nitrogens with one attached hydrogen (secondary N) is 1. The highest BCUT2D eigenvalue weighted by molar-refractivity contribution is 5.79. The van der Waals surface area contributed by atoms with Crippen molar-refractivity contribution in [2.75, 3.05) is 0 Å². The van der Waals surface area contributed by atoms with E-state index in [9.17, 15) is 8.78 Å². The number of hydrogen-bond donors (Lipinski definition) is 2. The summed E-state index contributed by atoms with van der Waals surface area (Å²) in [6, 6.07) is 0. The van der Waals surface area contributed by atoms with Gasteiger partial charge in [-0.25, -0.2) is 8.78 Å². The third-order valence-electron chi connectivity index (χ3n) is 0.235. The summed E-state index contributed by atoms with van der Waals surface area (Å²) in [6.07, 6.45) is -2.79. The first kappa shape index (κ1) is 9.54. The average Bonchev–Trinajstić information content (AvgIpc) is 1.36. The molecule has 0 saturated heterocycles. The summed E-state index contributed by atoms with van der Waals surface area (Å²) < 4.78 is 21.6. The first-order valence-electron chi connectivity index (χ1n) is 1.26. The number of nitrogens with two attached hydrogens (primary N) is 1. The molecular formula is C2H5F3N2. The lowest BCUT2D eigenvalue weighted by Crippen LogP contribution is -2.18. The molecule has 7 heavy (non-hydrogen) atoms. The van der Waals surface area contributed by atoms with Crippen LogP contribution in [0.1, 0.15) is 0 Å². The van der Waals surface area contributed by atoms with Crippen LogP contribution in [0.3, 0.4) is 0 Å². The highest BCUT2D eigenvalue weighted by atomic mass is 19.3. The summed E-state index contributed by atoms with van der Waals surface area (Å²) in [7, 11) is 0. The quantitative estimate of drug-likeness (QED) is 0.374. The fraction of sp³-hybridized carbons (Fsp3) is 0.500. The van der Waals surface area contributed by atoms with Crippen LogP contribution in [0.5, 0.6) is 0 Å². The van der Waals surface area contributed by atoms with Gasteiger partial charge in [0.15, 0.2) is 5.84 Å². The molecule has 0 atom stereocenters. The Morgan fingerprint density at radius 1 is 1.57 bits per heavy atom. The molecule has 0 amide bonds. The summed E-state index contributed by atoms with van der Waals surface area (Å²) in [6.45, 7) is 0. The summed E-state index contributed by atoms with van der Waals surface area (Å²) in [4.78, 5) is 0. The minimum atomic E-state index is -2.79. The van der Waals surface area contributed by atoms with Gasteiger partial charge in [0.2, 0.25) is 0 Å². The Labute approximate surface area is 38.2 Å². The van der Waals surface area contributed by atoms with Crippen LogP contribution < -0.4 is 5.73 Å². The molecule has 0 aromatic rings. The number of rotatable bonds is 1. The molecule has 0 radical (unpaired) electrons. The molecule has 44 valence electrons. The van der Waals surface area contributed by atoms with E-state index in [-0.39, 0.29) is 4.70 Å². The van der Waals surface area contributed by atoms with Crippen molar-refractivity contribution in [1.82, 2.24) is 0 Å². The molecular weight excluding hydrogens is 109 g/mol. The molecule has 0 bridgehead atoms. The molecule has 2 nitrogen and oxygen atoms in total. The van der Waals surface area contributed by atoms with E-state index in [1.54, 1.807) is 0 Å². The molecule has 0 rings (SSSR count). The Kier molecular flexibility index (Phi) is 4.70. The summed E-state index contributed by atoms with van der Waals surface area (Å²) in [5, 5.41) is 5.98. The molecule has 5 heteroatoms.